The van der Waals surface area contributed by atoms with E-state index in [-0.39, 0.29) is 5.56 Å². The fourth-order valence-electron chi connectivity index (χ4n) is 1.49. The molecule has 6 heteroatoms. The number of benzene rings is 1. The SMILES string of the molecule is CN(C)c1cc(NC(=O)c2ccccc2F)ncn1. The van der Waals surface area contributed by atoms with Crippen molar-refractivity contribution in [2.75, 3.05) is 24.3 Å². The molecule has 1 amide bonds. The molecule has 2 rings (SSSR count). The molecule has 1 heterocycles. The molecule has 0 aliphatic carbocycles. The van der Waals surface area contributed by atoms with Gasteiger partial charge in [-0.25, -0.2) is 14.4 Å². The Morgan fingerprint density at radius 1 is 1.26 bits per heavy atom. The van der Waals surface area contributed by atoms with Crippen LogP contribution < -0.4 is 10.2 Å². The first kappa shape index (κ1) is 12.9. The van der Waals surface area contributed by atoms with Crippen molar-refractivity contribution in [1.29, 1.82) is 0 Å². The second-order valence-corrected chi connectivity index (χ2v) is 4.09. The Kier molecular flexibility index (Phi) is 3.70. The maximum absolute atomic E-state index is 13.4. The van der Waals surface area contributed by atoms with E-state index in [1.807, 2.05) is 14.1 Å². The predicted octanol–water partition coefficient (Wildman–Crippen LogP) is 1.93. The van der Waals surface area contributed by atoms with Gasteiger partial charge in [-0.05, 0) is 12.1 Å². The molecule has 0 unspecified atom stereocenters. The molecule has 0 aliphatic heterocycles. The van der Waals surface area contributed by atoms with Gasteiger partial charge in [0.05, 0.1) is 5.56 Å². The molecule has 0 radical (unpaired) electrons. The third-order valence-electron chi connectivity index (χ3n) is 2.47. The quantitative estimate of drug-likeness (QED) is 0.916. The van der Waals surface area contributed by atoms with Gasteiger partial charge in [-0.1, -0.05) is 12.1 Å². The minimum atomic E-state index is -0.568. The zero-order valence-corrected chi connectivity index (χ0v) is 10.6. The van der Waals surface area contributed by atoms with Gasteiger partial charge in [-0.2, -0.15) is 0 Å². The van der Waals surface area contributed by atoms with Crippen LogP contribution in [0.5, 0.6) is 0 Å². The lowest BCUT2D eigenvalue weighted by molar-refractivity contribution is 0.102. The molecule has 1 N–H and O–H groups in total. The number of hydrogen-bond donors (Lipinski definition) is 1. The van der Waals surface area contributed by atoms with E-state index in [0.29, 0.717) is 11.6 Å². The van der Waals surface area contributed by atoms with Crippen LogP contribution in [-0.2, 0) is 0 Å². The molecule has 0 fully saturated rings. The summed E-state index contributed by atoms with van der Waals surface area (Å²) in [5, 5.41) is 2.54. The van der Waals surface area contributed by atoms with Crippen molar-refractivity contribution >= 4 is 17.5 Å². The van der Waals surface area contributed by atoms with Crippen LogP contribution in [0.2, 0.25) is 0 Å². The summed E-state index contributed by atoms with van der Waals surface area (Å²) in [5.41, 5.74) is -0.0208. The molecule has 0 saturated carbocycles. The van der Waals surface area contributed by atoms with Crippen LogP contribution in [-0.4, -0.2) is 30.0 Å². The minimum absolute atomic E-state index is 0.0208. The van der Waals surface area contributed by atoms with E-state index in [4.69, 9.17) is 0 Å². The standard InChI is InChI=1S/C13H13FN4O/c1-18(2)12-7-11(15-8-16-12)17-13(19)9-5-3-4-6-10(9)14/h3-8H,1-2H3,(H,15,16,17,19). The van der Waals surface area contributed by atoms with Crippen LogP contribution in [0.15, 0.2) is 36.7 Å². The average molecular weight is 260 g/mol. The average Bonchev–Trinajstić information content (AvgIpc) is 2.39. The third-order valence-corrected chi connectivity index (χ3v) is 2.47. The zero-order chi connectivity index (χ0) is 13.8. The number of rotatable bonds is 3. The van der Waals surface area contributed by atoms with E-state index in [2.05, 4.69) is 15.3 Å². The molecular weight excluding hydrogens is 247 g/mol. The third kappa shape index (κ3) is 3.04. The predicted molar refractivity (Wildman–Crippen MR) is 70.7 cm³/mol. The Labute approximate surface area is 110 Å². The van der Waals surface area contributed by atoms with E-state index in [0.717, 1.165) is 0 Å². The van der Waals surface area contributed by atoms with Gasteiger partial charge < -0.3 is 10.2 Å². The van der Waals surface area contributed by atoms with E-state index < -0.39 is 11.7 Å². The van der Waals surface area contributed by atoms with E-state index >= 15 is 0 Å². The molecule has 2 aromatic rings. The summed E-state index contributed by atoms with van der Waals surface area (Å²) >= 11 is 0. The molecule has 98 valence electrons. The highest BCUT2D eigenvalue weighted by molar-refractivity contribution is 6.04. The van der Waals surface area contributed by atoms with Crippen molar-refractivity contribution in [2.24, 2.45) is 0 Å². The number of anilines is 2. The highest BCUT2D eigenvalue weighted by Gasteiger charge is 2.12. The van der Waals surface area contributed by atoms with Crippen LogP contribution >= 0.6 is 0 Å². The van der Waals surface area contributed by atoms with Gasteiger partial charge in [0.1, 0.15) is 23.8 Å². The Bertz CT molecular complexity index is 601. The number of aromatic nitrogens is 2. The highest BCUT2D eigenvalue weighted by Crippen LogP contribution is 2.13. The van der Waals surface area contributed by atoms with Crippen molar-refractivity contribution in [2.45, 2.75) is 0 Å². The fourth-order valence-corrected chi connectivity index (χ4v) is 1.49. The molecule has 0 atom stereocenters. The molecular formula is C13H13FN4O. The van der Waals surface area contributed by atoms with Crippen molar-refractivity contribution in [3.05, 3.63) is 48.0 Å². The molecule has 0 saturated heterocycles. The maximum Gasteiger partial charge on any atom is 0.259 e. The molecule has 0 bridgehead atoms. The summed E-state index contributed by atoms with van der Waals surface area (Å²) < 4.78 is 13.4. The van der Waals surface area contributed by atoms with Crippen LogP contribution in [0.1, 0.15) is 10.4 Å². The normalized spacial score (nSPS) is 10.1. The number of hydrogen-bond acceptors (Lipinski definition) is 4. The molecule has 19 heavy (non-hydrogen) atoms. The second-order valence-electron chi connectivity index (χ2n) is 4.09. The smallest absolute Gasteiger partial charge is 0.259 e. The molecule has 0 spiro atoms. The van der Waals surface area contributed by atoms with Crippen molar-refractivity contribution in [3.63, 3.8) is 0 Å². The zero-order valence-electron chi connectivity index (χ0n) is 10.6. The Morgan fingerprint density at radius 2 is 2.00 bits per heavy atom. The van der Waals surface area contributed by atoms with Crippen molar-refractivity contribution in [1.82, 2.24) is 9.97 Å². The Balaban J connectivity index is 2.20. The lowest BCUT2D eigenvalue weighted by Gasteiger charge is -2.12. The summed E-state index contributed by atoms with van der Waals surface area (Å²) in [6.07, 6.45) is 1.34. The van der Waals surface area contributed by atoms with Crippen LogP contribution in [0.4, 0.5) is 16.0 Å². The lowest BCUT2D eigenvalue weighted by Crippen LogP contribution is -2.16. The number of nitrogens with one attached hydrogen (secondary N) is 1. The first-order valence-electron chi connectivity index (χ1n) is 5.63. The fraction of sp³-hybridized carbons (Fsp3) is 0.154. The van der Waals surface area contributed by atoms with Gasteiger partial charge in [-0.3, -0.25) is 4.79 Å². The number of nitrogens with zero attached hydrogens (tertiary/aromatic N) is 3. The van der Waals surface area contributed by atoms with Crippen molar-refractivity contribution < 1.29 is 9.18 Å². The van der Waals surface area contributed by atoms with Gasteiger partial charge >= 0.3 is 0 Å². The number of halogens is 1. The monoisotopic (exact) mass is 260 g/mol. The molecule has 5 nitrogen and oxygen atoms in total. The first-order chi connectivity index (χ1) is 9.08. The Morgan fingerprint density at radius 3 is 2.68 bits per heavy atom. The van der Waals surface area contributed by atoms with E-state index in [1.54, 1.807) is 17.0 Å². The van der Waals surface area contributed by atoms with Crippen LogP contribution in [0.3, 0.4) is 0 Å². The molecule has 1 aromatic heterocycles. The summed E-state index contributed by atoms with van der Waals surface area (Å²) in [4.78, 5) is 21.6. The van der Waals surface area contributed by atoms with Crippen LogP contribution in [0.25, 0.3) is 0 Å². The lowest BCUT2D eigenvalue weighted by atomic mass is 10.2. The first-order valence-corrected chi connectivity index (χ1v) is 5.63. The van der Waals surface area contributed by atoms with Gasteiger partial charge in [0.2, 0.25) is 0 Å². The number of amides is 1. The van der Waals surface area contributed by atoms with Gasteiger partial charge in [-0.15, -0.1) is 0 Å². The summed E-state index contributed by atoms with van der Waals surface area (Å²) in [6.45, 7) is 0. The van der Waals surface area contributed by atoms with E-state index in [9.17, 15) is 9.18 Å². The topological polar surface area (TPSA) is 58.1 Å². The molecule has 0 aliphatic rings. The number of carbonyl (C=O) groups excluding carboxylic acids is 1. The van der Waals surface area contributed by atoms with Crippen molar-refractivity contribution in [3.8, 4) is 0 Å². The minimum Gasteiger partial charge on any atom is -0.363 e. The van der Waals surface area contributed by atoms with Crippen LogP contribution in [0, 0.1) is 5.82 Å². The molecule has 1 aromatic carbocycles. The van der Waals surface area contributed by atoms with Gasteiger partial charge in [0.25, 0.3) is 5.91 Å². The summed E-state index contributed by atoms with van der Waals surface area (Å²) in [5.74, 6) is -0.130. The maximum atomic E-state index is 13.4. The van der Waals surface area contributed by atoms with E-state index in [1.165, 1.54) is 24.5 Å². The number of carbonyl (C=O) groups is 1. The summed E-state index contributed by atoms with van der Waals surface area (Å²) in [6, 6.07) is 7.39. The summed E-state index contributed by atoms with van der Waals surface area (Å²) in [7, 11) is 3.65. The highest BCUT2D eigenvalue weighted by atomic mass is 19.1. The largest absolute Gasteiger partial charge is 0.363 e. The Hall–Kier alpha value is -2.50. The van der Waals surface area contributed by atoms with Gasteiger partial charge in [0, 0.05) is 20.2 Å². The van der Waals surface area contributed by atoms with Gasteiger partial charge in [0.15, 0.2) is 0 Å². The second kappa shape index (κ2) is 5.43.